The number of aliphatic hydroxyl groups is 1. The molecular formula is C11H21NO4. The van der Waals surface area contributed by atoms with Gasteiger partial charge in [-0.15, -0.1) is 0 Å². The second-order valence-corrected chi connectivity index (χ2v) is 5.47. The molecule has 2 N–H and O–H groups in total. The standard InChI is InChI=1S/C11H21NO4/c1-10(2,3)16-9(14)12-8-5-11(4,7-13)15-6-8/h8,13H,5-7H2,1-4H3,(H,12,14)/t8-,11?/m1/s1. The summed E-state index contributed by atoms with van der Waals surface area (Å²) in [6.45, 7) is 7.64. The van der Waals surface area contributed by atoms with E-state index in [4.69, 9.17) is 14.6 Å². The van der Waals surface area contributed by atoms with E-state index in [0.29, 0.717) is 13.0 Å². The molecule has 0 bridgehead atoms. The highest BCUT2D eigenvalue weighted by Crippen LogP contribution is 2.24. The zero-order chi connectivity index (χ0) is 12.4. The van der Waals surface area contributed by atoms with Gasteiger partial charge in [-0.25, -0.2) is 4.79 Å². The highest BCUT2D eigenvalue weighted by atomic mass is 16.6. The number of aliphatic hydroxyl groups excluding tert-OH is 1. The van der Waals surface area contributed by atoms with Crippen LogP contribution in [0, 0.1) is 0 Å². The fourth-order valence-electron chi connectivity index (χ4n) is 1.62. The van der Waals surface area contributed by atoms with Crippen molar-refractivity contribution in [3.63, 3.8) is 0 Å². The Labute approximate surface area is 96.1 Å². The second-order valence-electron chi connectivity index (χ2n) is 5.47. The maximum atomic E-state index is 11.5. The van der Waals surface area contributed by atoms with Gasteiger partial charge >= 0.3 is 6.09 Å². The Morgan fingerprint density at radius 3 is 2.69 bits per heavy atom. The predicted molar refractivity (Wildman–Crippen MR) is 59.2 cm³/mol. The van der Waals surface area contributed by atoms with E-state index in [9.17, 15) is 4.79 Å². The van der Waals surface area contributed by atoms with E-state index in [1.54, 1.807) is 0 Å². The van der Waals surface area contributed by atoms with Crippen LogP contribution >= 0.6 is 0 Å². The third-order valence-electron chi connectivity index (χ3n) is 2.37. The zero-order valence-corrected chi connectivity index (χ0v) is 10.4. The van der Waals surface area contributed by atoms with Gasteiger partial charge in [-0.2, -0.15) is 0 Å². The molecule has 0 saturated carbocycles. The normalized spacial score (nSPS) is 30.2. The summed E-state index contributed by atoms with van der Waals surface area (Å²) in [7, 11) is 0. The molecule has 0 spiro atoms. The van der Waals surface area contributed by atoms with Crippen LogP contribution in [0.15, 0.2) is 0 Å². The molecule has 0 aromatic heterocycles. The molecule has 1 unspecified atom stereocenters. The van der Waals surface area contributed by atoms with E-state index in [1.165, 1.54) is 0 Å². The number of alkyl carbamates (subject to hydrolysis) is 1. The first kappa shape index (κ1) is 13.3. The van der Waals surface area contributed by atoms with Crippen LogP contribution in [0.25, 0.3) is 0 Å². The summed E-state index contributed by atoms with van der Waals surface area (Å²) in [5, 5.41) is 11.8. The molecule has 1 rings (SSSR count). The first-order valence-corrected chi connectivity index (χ1v) is 5.48. The van der Waals surface area contributed by atoms with Gasteiger partial charge in [0.05, 0.1) is 24.9 Å². The monoisotopic (exact) mass is 231 g/mol. The van der Waals surface area contributed by atoms with Crippen molar-refractivity contribution in [1.29, 1.82) is 0 Å². The van der Waals surface area contributed by atoms with Crippen molar-refractivity contribution in [2.75, 3.05) is 13.2 Å². The van der Waals surface area contributed by atoms with Gasteiger partial charge < -0.3 is 19.9 Å². The molecule has 5 heteroatoms. The van der Waals surface area contributed by atoms with Gasteiger partial charge in [-0.3, -0.25) is 0 Å². The molecule has 0 aromatic rings. The number of rotatable bonds is 2. The average Bonchev–Trinajstić information content (AvgIpc) is 2.45. The van der Waals surface area contributed by atoms with Crippen molar-refractivity contribution in [2.24, 2.45) is 0 Å². The van der Waals surface area contributed by atoms with Gasteiger partial charge in [0.25, 0.3) is 0 Å². The number of nitrogens with one attached hydrogen (secondary N) is 1. The van der Waals surface area contributed by atoms with Crippen LogP contribution in [0.3, 0.4) is 0 Å². The van der Waals surface area contributed by atoms with Crippen LogP contribution in [0.2, 0.25) is 0 Å². The smallest absolute Gasteiger partial charge is 0.407 e. The second kappa shape index (κ2) is 4.59. The fourth-order valence-corrected chi connectivity index (χ4v) is 1.62. The first-order chi connectivity index (χ1) is 7.24. The molecule has 1 aliphatic rings. The number of hydrogen-bond donors (Lipinski definition) is 2. The predicted octanol–water partition coefficient (Wildman–Crippen LogP) is 1.05. The molecule has 0 radical (unpaired) electrons. The average molecular weight is 231 g/mol. The van der Waals surface area contributed by atoms with Gasteiger partial charge in [-0.05, 0) is 27.7 Å². The summed E-state index contributed by atoms with van der Waals surface area (Å²) < 4.78 is 10.5. The molecular weight excluding hydrogens is 210 g/mol. The van der Waals surface area contributed by atoms with Crippen LogP contribution in [-0.4, -0.2) is 41.7 Å². The Kier molecular flexibility index (Phi) is 3.80. The molecule has 16 heavy (non-hydrogen) atoms. The number of carbonyl (C=O) groups excluding carboxylic acids is 1. The summed E-state index contributed by atoms with van der Waals surface area (Å²) in [5.41, 5.74) is -1.04. The lowest BCUT2D eigenvalue weighted by molar-refractivity contribution is -0.0240. The number of carbonyl (C=O) groups is 1. The van der Waals surface area contributed by atoms with Crippen molar-refractivity contribution < 1.29 is 19.4 Å². The van der Waals surface area contributed by atoms with Gasteiger partial charge in [0.2, 0.25) is 0 Å². The van der Waals surface area contributed by atoms with Crippen LogP contribution in [-0.2, 0) is 9.47 Å². The lowest BCUT2D eigenvalue weighted by Gasteiger charge is -2.22. The van der Waals surface area contributed by atoms with Crippen molar-refractivity contribution in [2.45, 2.75) is 51.4 Å². The molecule has 5 nitrogen and oxygen atoms in total. The van der Waals surface area contributed by atoms with Gasteiger partial charge in [-0.1, -0.05) is 0 Å². The zero-order valence-electron chi connectivity index (χ0n) is 10.4. The Morgan fingerprint density at radius 1 is 1.62 bits per heavy atom. The van der Waals surface area contributed by atoms with Crippen LogP contribution in [0.4, 0.5) is 4.79 Å². The topological polar surface area (TPSA) is 67.8 Å². The van der Waals surface area contributed by atoms with Gasteiger partial charge in [0, 0.05) is 6.42 Å². The SMILES string of the molecule is CC(C)(C)OC(=O)N[C@H]1COC(C)(CO)C1. The minimum absolute atomic E-state index is 0.0422. The minimum Gasteiger partial charge on any atom is -0.444 e. The number of ether oxygens (including phenoxy) is 2. The summed E-state index contributed by atoms with van der Waals surface area (Å²) in [5.74, 6) is 0. The summed E-state index contributed by atoms with van der Waals surface area (Å²) in [6.07, 6.45) is 0.159. The molecule has 1 fully saturated rings. The van der Waals surface area contributed by atoms with Gasteiger partial charge in [0.1, 0.15) is 5.60 Å². The summed E-state index contributed by atoms with van der Waals surface area (Å²) >= 11 is 0. The molecule has 94 valence electrons. The van der Waals surface area contributed by atoms with Crippen molar-refractivity contribution in [1.82, 2.24) is 5.32 Å². The van der Waals surface area contributed by atoms with Crippen molar-refractivity contribution >= 4 is 6.09 Å². The number of amides is 1. The molecule has 1 aliphatic heterocycles. The van der Waals surface area contributed by atoms with Crippen LogP contribution < -0.4 is 5.32 Å². The molecule has 1 heterocycles. The van der Waals surface area contributed by atoms with E-state index < -0.39 is 17.3 Å². The maximum Gasteiger partial charge on any atom is 0.407 e. The molecule has 1 saturated heterocycles. The third kappa shape index (κ3) is 3.98. The largest absolute Gasteiger partial charge is 0.444 e. The Balaban J connectivity index is 2.37. The van der Waals surface area contributed by atoms with Gasteiger partial charge in [0.15, 0.2) is 0 Å². The molecule has 0 aromatic carbocycles. The third-order valence-corrected chi connectivity index (χ3v) is 2.37. The quantitative estimate of drug-likeness (QED) is 0.745. The van der Waals surface area contributed by atoms with Crippen molar-refractivity contribution in [3.8, 4) is 0 Å². The lowest BCUT2D eigenvalue weighted by atomic mass is 10.0. The Morgan fingerprint density at radius 2 is 2.25 bits per heavy atom. The first-order valence-electron chi connectivity index (χ1n) is 5.48. The number of hydrogen-bond acceptors (Lipinski definition) is 4. The van der Waals surface area contributed by atoms with E-state index in [2.05, 4.69) is 5.32 Å². The molecule has 1 amide bonds. The highest BCUT2D eigenvalue weighted by Gasteiger charge is 2.36. The van der Waals surface area contributed by atoms with E-state index in [1.807, 2.05) is 27.7 Å². The highest BCUT2D eigenvalue weighted by molar-refractivity contribution is 5.68. The minimum atomic E-state index is -0.542. The molecule has 0 aliphatic carbocycles. The Hall–Kier alpha value is -0.810. The summed E-state index contributed by atoms with van der Waals surface area (Å²) in [6, 6.07) is -0.0907. The molecule has 2 atom stereocenters. The Bertz CT molecular complexity index is 261. The van der Waals surface area contributed by atoms with Crippen LogP contribution in [0.1, 0.15) is 34.1 Å². The van der Waals surface area contributed by atoms with E-state index >= 15 is 0 Å². The lowest BCUT2D eigenvalue weighted by Crippen LogP contribution is -2.40. The van der Waals surface area contributed by atoms with E-state index in [-0.39, 0.29) is 12.6 Å². The van der Waals surface area contributed by atoms with Crippen LogP contribution in [0.5, 0.6) is 0 Å². The van der Waals surface area contributed by atoms with Crippen molar-refractivity contribution in [3.05, 3.63) is 0 Å². The fraction of sp³-hybridized carbons (Fsp3) is 0.909. The van der Waals surface area contributed by atoms with E-state index in [0.717, 1.165) is 0 Å². The maximum absolute atomic E-state index is 11.5. The summed E-state index contributed by atoms with van der Waals surface area (Å²) in [4.78, 5) is 11.5.